The summed E-state index contributed by atoms with van der Waals surface area (Å²) in [5, 5.41) is 3.05. The van der Waals surface area contributed by atoms with Crippen LogP contribution < -0.4 is 10.2 Å². The van der Waals surface area contributed by atoms with E-state index in [0.717, 1.165) is 41.2 Å². The number of hydrogen-bond donors (Lipinski definition) is 1. The van der Waals surface area contributed by atoms with Crippen molar-refractivity contribution in [2.75, 3.05) is 36.4 Å². The molecule has 0 aromatic heterocycles. The average molecular weight is 351 g/mol. The molecule has 5 nitrogen and oxygen atoms in total. The third-order valence-corrected chi connectivity index (χ3v) is 4.90. The smallest absolute Gasteiger partial charge is 0.321 e. The second-order valence-corrected chi connectivity index (χ2v) is 6.78. The van der Waals surface area contributed by atoms with E-state index in [2.05, 4.69) is 10.2 Å². The summed E-state index contributed by atoms with van der Waals surface area (Å²) in [5.74, 6) is 0.0680. The molecule has 1 N–H and O–H groups in total. The van der Waals surface area contributed by atoms with Gasteiger partial charge in [-0.25, -0.2) is 4.79 Å². The van der Waals surface area contributed by atoms with E-state index in [1.54, 1.807) is 6.92 Å². The highest BCUT2D eigenvalue weighted by atomic mass is 16.2. The van der Waals surface area contributed by atoms with Crippen LogP contribution in [0.1, 0.15) is 28.4 Å². The number of carbonyl (C=O) groups excluding carboxylic acids is 2. The maximum Gasteiger partial charge on any atom is 0.321 e. The number of piperazine rings is 1. The Morgan fingerprint density at radius 2 is 1.54 bits per heavy atom. The van der Waals surface area contributed by atoms with Gasteiger partial charge in [0.25, 0.3) is 0 Å². The van der Waals surface area contributed by atoms with Gasteiger partial charge in [-0.05, 0) is 44.0 Å². The summed E-state index contributed by atoms with van der Waals surface area (Å²) in [7, 11) is 0. The van der Waals surface area contributed by atoms with Gasteiger partial charge in [-0.2, -0.15) is 0 Å². The van der Waals surface area contributed by atoms with Crippen molar-refractivity contribution in [1.29, 1.82) is 0 Å². The van der Waals surface area contributed by atoms with E-state index in [1.807, 2.05) is 61.2 Å². The third-order valence-electron chi connectivity index (χ3n) is 4.90. The van der Waals surface area contributed by atoms with E-state index >= 15 is 0 Å². The van der Waals surface area contributed by atoms with E-state index in [4.69, 9.17) is 0 Å². The van der Waals surface area contributed by atoms with Gasteiger partial charge in [0.2, 0.25) is 0 Å². The van der Waals surface area contributed by atoms with Gasteiger partial charge in [0, 0.05) is 43.1 Å². The fraction of sp³-hybridized carbons (Fsp3) is 0.333. The van der Waals surface area contributed by atoms with E-state index in [0.29, 0.717) is 13.1 Å². The summed E-state index contributed by atoms with van der Waals surface area (Å²) in [6, 6.07) is 13.6. The maximum atomic E-state index is 12.6. The standard InChI is InChI=1S/C21H25N3O2/c1-15-6-4-7-16(2)20(15)22-21(26)24-12-10-23(11-13-24)19-9-5-8-18(14-19)17(3)25/h4-9,14H,10-13H2,1-3H3,(H,22,26). The van der Waals surface area contributed by atoms with Crippen molar-refractivity contribution in [2.24, 2.45) is 0 Å². The van der Waals surface area contributed by atoms with Crippen molar-refractivity contribution in [3.8, 4) is 0 Å². The van der Waals surface area contributed by atoms with Crippen molar-refractivity contribution in [2.45, 2.75) is 20.8 Å². The first-order chi connectivity index (χ1) is 12.5. The predicted octanol–water partition coefficient (Wildman–Crippen LogP) is 3.86. The van der Waals surface area contributed by atoms with Gasteiger partial charge in [-0.1, -0.05) is 30.3 Å². The molecule has 0 saturated carbocycles. The Bertz CT molecular complexity index is 804. The van der Waals surface area contributed by atoms with Crippen LogP contribution in [0, 0.1) is 13.8 Å². The Labute approximate surface area is 154 Å². The second kappa shape index (κ2) is 7.60. The molecule has 1 aliphatic heterocycles. The van der Waals surface area contributed by atoms with Gasteiger partial charge < -0.3 is 15.1 Å². The summed E-state index contributed by atoms with van der Waals surface area (Å²) >= 11 is 0. The van der Waals surface area contributed by atoms with Crippen molar-refractivity contribution in [3.05, 3.63) is 59.2 Å². The van der Waals surface area contributed by atoms with Crippen LogP contribution in [-0.4, -0.2) is 42.9 Å². The van der Waals surface area contributed by atoms with Crippen LogP contribution in [-0.2, 0) is 0 Å². The zero-order chi connectivity index (χ0) is 18.7. The molecule has 5 heteroatoms. The van der Waals surface area contributed by atoms with Crippen molar-refractivity contribution < 1.29 is 9.59 Å². The number of aryl methyl sites for hydroxylation is 2. The largest absolute Gasteiger partial charge is 0.368 e. The molecule has 1 saturated heterocycles. The Morgan fingerprint density at radius 3 is 2.15 bits per heavy atom. The van der Waals surface area contributed by atoms with Gasteiger partial charge in [-0.3, -0.25) is 4.79 Å². The molecule has 136 valence electrons. The van der Waals surface area contributed by atoms with E-state index in [-0.39, 0.29) is 11.8 Å². The number of anilines is 2. The maximum absolute atomic E-state index is 12.6. The van der Waals surface area contributed by atoms with Crippen LogP contribution in [0.25, 0.3) is 0 Å². The quantitative estimate of drug-likeness (QED) is 0.855. The SMILES string of the molecule is CC(=O)c1cccc(N2CCN(C(=O)Nc3c(C)cccc3C)CC2)c1. The molecule has 2 amide bonds. The average Bonchev–Trinajstić information content (AvgIpc) is 2.65. The summed E-state index contributed by atoms with van der Waals surface area (Å²) in [4.78, 5) is 28.2. The molecule has 2 aromatic carbocycles. The molecule has 0 unspecified atom stereocenters. The van der Waals surface area contributed by atoms with Crippen molar-refractivity contribution in [3.63, 3.8) is 0 Å². The third kappa shape index (κ3) is 3.87. The van der Waals surface area contributed by atoms with Crippen LogP contribution in [0.15, 0.2) is 42.5 Å². The number of nitrogens with zero attached hydrogens (tertiary/aromatic N) is 2. The highest BCUT2D eigenvalue weighted by molar-refractivity contribution is 5.95. The molecule has 1 fully saturated rings. The number of urea groups is 1. The molecule has 0 spiro atoms. The summed E-state index contributed by atoms with van der Waals surface area (Å²) < 4.78 is 0. The molecule has 3 rings (SSSR count). The van der Waals surface area contributed by atoms with E-state index in [9.17, 15) is 9.59 Å². The van der Waals surface area contributed by atoms with Gasteiger partial charge in [0.05, 0.1) is 0 Å². The van der Waals surface area contributed by atoms with Crippen LogP contribution in [0.3, 0.4) is 0 Å². The Kier molecular flexibility index (Phi) is 5.26. The van der Waals surface area contributed by atoms with Crippen LogP contribution in [0.4, 0.5) is 16.2 Å². The monoisotopic (exact) mass is 351 g/mol. The lowest BCUT2D eigenvalue weighted by molar-refractivity contribution is 0.101. The highest BCUT2D eigenvalue weighted by Gasteiger charge is 2.22. The molecule has 0 bridgehead atoms. The summed E-state index contributed by atoms with van der Waals surface area (Å²) in [6.45, 7) is 8.39. The highest BCUT2D eigenvalue weighted by Crippen LogP contribution is 2.21. The van der Waals surface area contributed by atoms with Gasteiger partial charge in [0.1, 0.15) is 0 Å². The zero-order valence-corrected chi connectivity index (χ0v) is 15.6. The van der Waals surface area contributed by atoms with Crippen LogP contribution >= 0.6 is 0 Å². The number of para-hydroxylation sites is 1. The van der Waals surface area contributed by atoms with Gasteiger partial charge >= 0.3 is 6.03 Å². The van der Waals surface area contributed by atoms with Crippen LogP contribution in [0.5, 0.6) is 0 Å². The van der Waals surface area contributed by atoms with Crippen molar-refractivity contribution in [1.82, 2.24) is 4.90 Å². The number of rotatable bonds is 3. The lowest BCUT2D eigenvalue weighted by Crippen LogP contribution is -2.50. The fourth-order valence-corrected chi connectivity index (χ4v) is 3.29. The molecule has 1 aliphatic rings. The van der Waals surface area contributed by atoms with Gasteiger partial charge in [0.15, 0.2) is 5.78 Å². The Hall–Kier alpha value is -2.82. The number of Topliss-reactive ketones (excluding diaryl/α,β-unsaturated/α-hetero) is 1. The molecule has 0 aliphatic carbocycles. The number of hydrogen-bond acceptors (Lipinski definition) is 3. The minimum Gasteiger partial charge on any atom is -0.368 e. The number of benzene rings is 2. The number of carbonyl (C=O) groups is 2. The minimum atomic E-state index is -0.0560. The van der Waals surface area contributed by atoms with E-state index in [1.165, 1.54) is 0 Å². The van der Waals surface area contributed by atoms with Crippen LogP contribution in [0.2, 0.25) is 0 Å². The molecule has 1 heterocycles. The molecular formula is C21H25N3O2. The predicted molar refractivity (Wildman–Crippen MR) is 105 cm³/mol. The summed E-state index contributed by atoms with van der Waals surface area (Å²) in [6.07, 6.45) is 0. The normalized spacial score (nSPS) is 14.3. The lowest BCUT2D eigenvalue weighted by atomic mass is 10.1. The molecule has 0 radical (unpaired) electrons. The number of amides is 2. The minimum absolute atomic E-state index is 0.0560. The molecular weight excluding hydrogens is 326 g/mol. The van der Waals surface area contributed by atoms with E-state index < -0.39 is 0 Å². The first kappa shape index (κ1) is 18.0. The molecule has 2 aromatic rings. The first-order valence-electron chi connectivity index (χ1n) is 8.94. The van der Waals surface area contributed by atoms with Gasteiger partial charge in [-0.15, -0.1) is 0 Å². The topological polar surface area (TPSA) is 52.7 Å². The first-order valence-corrected chi connectivity index (χ1v) is 8.94. The zero-order valence-electron chi connectivity index (χ0n) is 15.6. The lowest BCUT2D eigenvalue weighted by Gasteiger charge is -2.36. The fourth-order valence-electron chi connectivity index (χ4n) is 3.29. The van der Waals surface area contributed by atoms with Crippen molar-refractivity contribution >= 4 is 23.2 Å². The number of nitrogens with one attached hydrogen (secondary N) is 1. The Balaban J connectivity index is 1.62. The second-order valence-electron chi connectivity index (χ2n) is 6.78. The Morgan fingerprint density at radius 1 is 0.923 bits per heavy atom. The molecule has 26 heavy (non-hydrogen) atoms. The number of ketones is 1. The summed E-state index contributed by atoms with van der Waals surface area (Å²) in [5.41, 5.74) is 4.79. The molecule has 0 atom stereocenters.